The van der Waals surface area contributed by atoms with Gasteiger partial charge in [0.05, 0.1) is 32.5 Å². The van der Waals surface area contributed by atoms with Crippen molar-refractivity contribution in [3.8, 4) is 0 Å². The first-order valence-electron chi connectivity index (χ1n) is 14.8. The van der Waals surface area contributed by atoms with Gasteiger partial charge in [-0.15, -0.1) is 0 Å². The second kappa shape index (κ2) is 16.1. The number of rotatable bonds is 18. The molecular weight excluding hydrogens is 620 g/mol. The lowest BCUT2D eigenvalue weighted by atomic mass is 10.1. The molecule has 0 bridgehead atoms. The van der Waals surface area contributed by atoms with Crippen LogP contribution >= 0.6 is 0 Å². The molecule has 0 aliphatic carbocycles. The summed E-state index contributed by atoms with van der Waals surface area (Å²) in [5.74, 6) is -0.880. The summed E-state index contributed by atoms with van der Waals surface area (Å²) in [6.07, 6.45) is 2.81. The van der Waals surface area contributed by atoms with Gasteiger partial charge in [0, 0.05) is 0 Å². The molecule has 2 atom stereocenters. The molecule has 256 valence electrons. The molecule has 0 aliphatic rings. The van der Waals surface area contributed by atoms with Gasteiger partial charge >= 0.3 is 11.9 Å². The van der Waals surface area contributed by atoms with Crippen LogP contribution in [0.3, 0.4) is 0 Å². The number of fused-ring (bicyclic) bond motifs is 2. The van der Waals surface area contributed by atoms with Crippen molar-refractivity contribution in [1.29, 1.82) is 0 Å². The van der Waals surface area contributed by atoms with Gasteiger partial charge in [0.2, 0.25) is 11.9 Å². The fraction of sp³-hybridized carbons (Fsp3) is 0.556. The van der Waals surface area contributed by atoms with Crippen LogP contribution < -0.4 is 33.2 Å². The van der Waals surface area contributed by atoms with Gasteiger partial charge < -0.3 is 41.0 Å². The summed E-state index contributed by atoms with van der Waals surface area (Å²) in [4.78, 5) is 71.0. The maximum absolute atomic E-state index is 12.6. The Labute approximate surface area is 267 Å². The van der Waals surface area contributed by atoms with Gasteiger partial charge in [-0.05, 0) is 11.8 Å². The lowest BCUT2D eigenvalue weighted by molar-refractivity contribution is -0.149. The zero-order valence-electron chi connectivity index (χ0n) is 26.5. The Morgan fingerprint density at radius 3 is 1.53 bits per heavy atom. The van der Waals surface area contributed by atoms with E-state index < -0.39 is 35.1 Å². The summed E-state index contributed by atoms with van der Waals surface area (Å²) < 4.78 is 24.4. The second-order valence-electron chi connectivity index (χ2n) is 11.1. The molecule has 0 aromatic carbocycles. The number of aromatic nitrogens is 8. The van der Waals surface area contributed by atoms with Crippen LogP contribution in [0.25, 0.3) is 22.3 Å². The second-order valence-corrected chi connectivity index (χ2v) is 11.1. The van der Waals surface area contributed by atoms with Crippen LogP contribution in [-0.4, -0.2) is 96.2 Å². The van der Waals surface area contributed by atoms with Crippen LogP contribution in [0.2, 0.25) is 0 Å². The minimum absolute atomic E-state index is 0.00154. The Kier molecular flexibility index (Phi) is 11.9. The Morgan fingerprint density at radius 1 is 0.745 bits per heavy atom. The lowest BCUT2D eigenvalue weighted by Crippen LogP contribution is -2.37. The van der Waals surface area contributed by atoms with Gasteiger partial charge in [-0.25, -0.2) is 9.97 Å². The lowest BCUT2D eigenvalue weighted by Gasteiger charge is -2.14. The predicted molar refractivity (Wildman–Crippen MR) is 168 cm³/mol. The molecule has 20 heteroatoms. The highest BCUT2D eigenvalue weighted by Gasteiger charge is 2.19. The number of nitrogens with zero attached hydrogens (tertiary/aromatic N) is 6. The molecule has 0 spiro atoms. The first kappa shape index (κ1) is 34.9. The monoisotopic (exact) mass is 660 g/mol. The van der Waals surface area contributed by atoms with E-state index in [1.807, 2.05) is 27.7 Å². The fourth-order valence-electron chi connectivity index (χ4n) is 3.94. The predicted octanol–water partition coefficient (Wildman–Crippen LogP) is -0.965. The third-order valence-electron chi connectivity index (χ3n) is 6.85. The van der Waals surface area contributed by atoms with Crippen LogP contribution in [0.5, 0.6) is 0 Å². The van der Waals surface area contributed by atoms with Crippen LogP contribution in [0.15, 0.2) is 22.2 Å². The van der Waals surface area contributed by atoms with Crippen molar-refractivity contribution in [2.75, 3.05) is 43.7 Å². The zero-order valence-corrected chi connectivity index (χ0v) is 26.5. The van der Waals surface area contributed by atoms with E-state index >= 15 is 0 Å². The highest BCUT2D eigenvalue weighted by Crippen LogP contribution is 2.10. The number of anilines is 2. The molecule has 4 heterocycles. The normalized spacial score (nSPS) is 12.9. The maximum Gasteiger partial charge on any atom is 0.323 e. The molecule has 0 saturated heterocycles. The maximum atomic E-state index is 12.6. The Bertz CT molecular complexity index is 1650. The summed E-state index contributed by atoms with van der Waals surface area (Å²) in [5, 5.41) is 5.82. The molecule has 0 aliphatic heterocycles. The van der Waals surface area contributed by atoms with E-state index in [0.29, 0.717) is 0 Å². The number of aromatic amines is 2. The van der Waals surface area contributed by atoms with Crippen molar-refractivity contribution < 1.29 is 28.5 Å². The third kappa shape index (κ3) is 9.09. The molecule has 4 aromatic heterocycles. The number of esters is 2. The average Bonchev–Trinajstić information content (AvgIpc) is 3.64. The number of ether oxygens (including phenoxy) is 4. The minimum Gasteiger partial charge on any atom is -0.462 e. The Hall–Kier alpha value is -4.92. The number of nitrogens with one attached hydrogen (secondary N) is 4. The van der Waals surface area contributed by atoms with E-state index in [4.69, 9.17) is 30.4 Å². The van der Waals surface area contributed by atoms with Crippen LogP contribution in [0, 0.1) is 11.8 Å². The zero-order chi connectivity index (χ0) is 34.1. The van der Waals surface area contributed by atoms with Gasteiger partial charge in [0.25, 0.3) is 11.1 Å². The Morgan fingerprint density at radius 2 is 1.15 bits per heavy atom. The van der Waals surface area contributed by atoms with E-state index in [-0.39, 0.29) is 92.6 Å². The number of nitrogens with two attached hydrogens (primary N) is 2. The summed E-state index contributed by atoms with van der Waals surface area (Å²) in [6.45, 7) is 7.51. The van der Waals surface area contributed by atoms with Crippen molar-refractivity contribution in [3.05, 3.63) is 33.4 Å². The number of hydrogen-bond donors (Lipinski definition) is 6. The first-order valence-corrected chi connectivity index (χ1v) is 14.8. The molecule has 0 amide bonds. The average molecular weight is 661 g/mol. The van der Waals surface area contributed by atoms with Crippen molar-refractivity contribution in [2.45, 2.75) is 53.2 Å². The van der Waals surface area contributed by atoms with E-state index in [1.165, 1.54) is 21.8 Å². The number of imidazole rings is 2. The topological polar surface area (TPSA) is 274 Å². The molecule has 8 N–H and O–H groups in total. The molecule has 4 rings (SSSR count). The fourth-order valence-corrected chi connectivity index (χ4v) is 3.94. The summed E-state index contributed by atoms with van der Waals surface area (Å²) in [6, 6.07) is -1.42. The van der Waals surface area contributed by atoms with Crippen molar-refractivity contribution in [2.24, 2.45) is 23.3 Å². The molecule has 20 nitrogen and oxygen atoms in total. The van der Waals surface area contributed by atoms with Crippen molar-refractivity contribution >= 4 is 46.2 Å². The highest BCUT2D eigenvalue weighted by molar-refractivity contribution is 5.76. The molecule has 4 aromatic rings. The van der Waals surface area contributed by atoms with E-state index in [9.17, 15) is 19.2 Å². The van der Waals surface area contributed by atoms with Crippen LogP contribution in [0.1, 0.15) is 27.7 Å². The van der Waals surface area contributed by atoms with Crippen molar-refractivity contribution in [1.82, 2.24) is 39.0 Å². The number of carbonyl (C=O) groups excluding carboxylic acids is 2. The van der Waals surface area contributed by atoms with E-state index in [2.05, 4.69) is 40.5 Å². The van der Waals surface area contributed by atoms with Crippen molar-refractivity contribution in [3.63, 3.8) is 0 Å². The molecule has 0 saturated carbocycles. The minimum atomic E-state index is -0.711. The van der Waals surface area contributed by atoms with Gasteiger partial charge in [0.15, 0.2) is 22.3 Å². The molecule has 0 fully saturated rings. The van der Waals surface area contributed by atoms with Crippen LogP contribution in [0.4, 0.5) is 11.9 Å². The molecular formula is C27H40N12O8. The molecule has 2 unspecified atom stereocenters. The number of carbonyl (C=O) groups is 2. The van der Waals surface area contributed by atoms with E-state index in [0.717, 1.165) is 0 Å². The van der Waals surface area contributed by atoms with Gasteiger partial charge in [-0.1, -0.05) is 27.7 Å². The number of hydrogen-bond acceptors (Lipinski definition) is 16. The molecule has 47 heavy (non-hydrogen) atoms. The molecule has 0 radical (unpaired) electrons. The van der Waals surface area contributed by atoms with Crippen LogP contribution in [-0.2, 0) is 42.0 Å². The number of H-pyrrole nitrogens is 2. The largest absolute Gasteiger partial charge is 0.462 e. The van der Waals surface area contributed by atoms with Gasteiger partial charge in [-0.3, -0.25) is 38.3 Å². The quantitative estimate of drug-likeness (QED) is 0.0426. The van der Waals surface area contributed by atoms with Gasteiger partial charge in [0.1, 0.15) is 38.8 Å². The standard InChI is InChI=1S/C27H40N12O8/c1-14(2)16(28)24(42)46-7-5-44-12-38-10-32-18-20(38)34-26(36-22(18)40)30-9-31-27-35-21-19(23(41)37-27)33-11-39(21)13-45-6-8-47-25(43)17(29)15(3)4/h10-11,14-17H,5-9,12-13,28-29H2,1-4H3,(H2,30,34,36,40)(H2,31,35,37,41). The highest BCUT2D eigenvalue weighted by atomic mass is 16.6. The summed E-state index contributed by atoms with van der Waals surface area (Å²) in [7, 11) is 0. The smallest absolute Gasteiger partial charge is 0.323 e. The summed E-state index contributed by atoms with van der Waals surface area (Å²) in [5.41, 5.74) is 11.3. The Balaban J connectivity index is 1.29. The summed E-state index contributed by atoms with van der Waals surface area (Å²) >= 11 is 0. The first-order chi connectivity index (χ1) is 22.5. The third-order valence-corrected chi connectivity index (χ3v) is 6.85. The van der Waals surface area contributed by atoms with Gasteiger partial charge in [-0.2, -0.15) is 9.97 Å². The SMILES string of the molecule is CC(C)C(N)C(=O)OCCOCn1cnc2c(=O)[nH]c(NCNc3nc4c(ncn4COCCOC(=O)C(N)C(C)C)c(=O)[nH]3)nc21. The van der Waals surface area contributed by atoms with E-state index in [1.54, 1.807) is 0 Å².